The van der Waals surface area contributed by atoms with Crippen LogP contribution < -0.4 is 10.1 Å². The quantitative estimate of drug-likeness (QED) is 0.545. The average Bonchev–Trinajstić information content (AvgIpc) is 2.50. The Kier molecular flexibility index (Phi) is 7.65. The molecule has 0 aliphatic heterocycles. The van der Waals surface area contributed by atoms with Gasteiger partial charge in [-0.3, -0.25) is 0 Å². The molecule has 0 saturated heterocycles. The molecule has 0 spiro atoms. The normalized spacial score (nSPS) is 14.1. The Labute approximate surface area is 158 Å². The minimum Gasteiger partial charge on any atom is -0.478 e. The van der Waals surface area contributed by atoms with Crippen molar-refractivity contribution in [3.05, 3.63) is 29.3 Å². The number of carboxylic acids is 1. The van der Waals surface area contributed by atoms with Gasteiger partial charge in [0.1, 0.15) is 23.0 Å². The highest BCUT2D eigenvalue weighted by molar-refractivity contribution is 5.91. The number of aromatic carboxylic acids is 1. The van der Waals surface area contributed by atoms with Gasteiger partial charge in [-0.1, -0.05) is 6.07 Å². The number of ether oxygens (including phenoxy) is 2. The maximum atomic E-state index is 12.5. The van der Waals surface area contributed by atoms with Gasteiger partial charge in [0.25, 0.3) is 0 Å². The lowest BCUT2D eigenvalue weighted by molar-refractivity contribution is -0.274. The van der Waals surface area contributed by atoms with Crippen molar-refractivity contribution in [1.82, 2.24) is 5.32 Å². The van der Waals surface area contributed by atoms with Crippen LogP contribution in [0.25, 0.3) is 0 Å². The summed E-state index contributed by atoms with van der Waals surface area (Å²) in [6.07, 6.45) is -9.11. The molecule has 2 unspecified atom stereocenters. The average molecular weight is 409 g/mol. The van der Waals surface area contributed by atoms with Crippen LogP contribution in [0.3, 0.4) is 0 Å². The number of aliphatic hydroxyl groups is 2. The Morgan fingerprint density at radius 3 is 2.29 bits per heavy atom. The summed E-state index contributed by atoms with van der Waals surface area (Å²) in [6, 6.07) is 2.57. The number of benzene rings is 1. The van der Waals surface area contributed by atoms with E-state index in [0.717, 1.165) is 12.1 Å². The highest BCUT2D eigenvalue weighted by atomic mass is 19.4. The summed E-state index contributed by atoms with van der Waals surface area (Å²) in [4.78, 5) is 22.5. The summed E-state index contributed by atoms with van der Waals surface area (Å²) in [7, 11) is 0. The van der Waals surface area contributed by atoms with Crippen LogP contribution in [-0.4, -0.2) is 52.0 Å². The number of halogens is 3. The first-order valence-corrected chi connectivity index (χ1v) is 8.15. The van der Waals surface area contributed by atoms with E-state index >= 15 is 0 Å². The summed E-state index contributed by atoms with van der Waals surface area (Å²) >= 11 is 0. The van der Waals surface area contributed by atoms with E-state index in [1.165, 1.54) is 0 Å². The molecule has 1 rings (SSSR count). The fourth-order valence-corrected chi connectivity index (χ4v) is 2.13. The molecule has 0 fully saturated rings. The van der Waals surface area contributed by atoms with Crippen LogP contribution in [0.2, 0.25) is 0 Å². The molecule has 4 N–H and O–H groups in total. The zero-order valence-corrected chi connectivity index (χ0v) is 15.4. The molecule has 1 amide bonds. The first-order valence-electron chi connectivity index (χ1n) is 8.15. The highest BCUT2D eigenvalue weighted by Crippen LogP contribution is 2.30. The van der Waals surface area contributed by atoms with Gasteiger partial charge in [-0.25, -0.2) is 9.59 Å². The number of rotatable bonds is 7. The summed E-state index contributed by atoms with van der Waals surface area (Å²) in [5, 5.41) is 31.4. The molecule has 0 aliphatic carbocycles. The molecule has 0 radical (unpaired) electrons. The lowest BCUT2D eigenvalue weighted by Crippen LogP contribution is -2.34. The van der Waals surface area contributed by atoms with E-state index in [2.05, 4.69) is 10.1 Å². The van der Waals surface area contributed by atoms with E-state index in [9.17, 15) is 33.0 Å². The minimum absolute atomic E-state index is 0.0771. The monoisotopic (exact) mass is 409 g/mol. The number of hydrogen-bond acceptors (Lipinski definition) is 6. The summed E-state index contributed by atoms with van der Waals surface area (Å²) in [5.74, 6) is -2.67. The number of alkyl carbamates (subject to hydrolysis) is 1. The molecule has 0 aliphatic rings. The van der Waals surface area contributed by atoms with Crippen molar-refractivity contribution >= 4 is 12.1 Å². The number of amides is 1. The van der Waals surface area contributed by atoms with Crippen molar-refractivity contribution in [1.29, 1.82) is 0 Å². The summed E-state index contributed by atoms with van der Waals surface area (Å²) in [5.41, 5.74) is -1.66. The van der Waals surface area contributed by atoms with Crippen LogP contribution in [0.4, 0.5) is 18.0 Å². The lowest BCUT2D eigenvalue weighted by Gasteiger charge is -2.22. The van der Waals surface area contributed by atoms with Crippen molar-refractivity contribution in [2.24, 2.45) is 0 Å². The molecule has 28 heavy (non-hydrogen) atoms. The summed E-state index contributed by atoms with van der Waals surface area (Å²) < 4.78 is 46.0. The molecule has 2 atom stereocenters. The molecule has 8 nitrogen and oxygen atoms in total. The third-order valence-corrected chi connectivity index (χ3v) is 3.28. The molecule has 0 heterocycles. The SMILES string of the molecule is CC(C)(C)OC(=O)NCCC(O)C(O)c1ccc(C(=O)O)c(OC(F)(F)F)c1. The van der Waals surface area contributed by atoms with Crippen LogP contribution >= 0.6 is 0 Å². The van der Waals surface area contributed by atoms with Gasteiger partial charge in [0, 0.05) is 6.54 Å². The second-order valence-corrected chi connectivity index (χ2v) is 6.84. The predicted octanol–water partition coefficient (Wildman–Crippen LogP) is 2.59. The number of aliphatic hydroxyl groups excluding tert-OH is 2. The van der Waals surface area contributed by atoms with Gasteiger partial charge in [-0.15, -0.1) is 13.2 Å². The number of carboxylic acid groups (broad SMARTS) is 1. The molecule has 158 valence electrons. The second-order valence-electron chi connectivity index (χ2n) is 6.84. The maximum Gasteiger partial charge on any atom is 0.573 e. The molecular formula is C17H22F3NO7. The Bertz CT molecular complexity index is 701. The molecule has 0 aromatic heterocycles. The number of carbonyl (C=O) groups excluding carboxylic acids is 1. The van der Waals surface area contributed by atoms with Gasteiger partial charge in [0.15, 0.2) is 0 Å². The summed E-state index contributed by atoms with van der Waals surface area (Å²) in [6.45, 7) is 4.90. The zero-order chi connectivity index (χ0) is 21.7. The first kappa shape index (κ1) is 23.5. The van der Waals surface area contributed by atoms with Crippen LogP contribution in [0.1, 0.15) is 49.2 Å². The smallest absolute Gasteiger partial charge is 0.478 e. The largest absolute Gasteiger partial charge is 0.573 e. The third-order valence-electron chi connectivity index (χ3n) is 3.28. The van der Waals surface area contributed by atoms with Gasteiger partial charge >= 0.3 is 18.4 Å². The fourth-order valence-electron chi connectivity index (χ4n) is 2.13. The van der Waals surface area contributed by atoms with Crippen LogP contribution in [0.5, 0.6) is 5.75 Å². The maximum absolute atomic E-state index is 12.5. The van der Waals surface area contributed by atoms with E-state index in [0.29, 0.717) is 6.07 Å². The minimum atomic E-state index is -5.14. The number of nitrogens with one attached hydrogen (secondary N) is 1. The van der Waals surface area contributed by atoms with Gasteiger partial charge in [-0.2, -0.15) is 0 Å². The molecular weight excluding hydrogens is 387 g/mol. The third kappa shape index (κ3) is 8.01. The first-order chi connectivity index (χ1) is 12.7. The Morgan fingerprint density at radius 2 is 1.79 bits per heavy atom. The highest BCUT2D eigenvalue weighted by Gasteiger charge is 2.33. The van der Waals surface area contributed by atoms with Gasteiger partial charge in [-0.05, 0) is 44.9 Å². The van der Waals surface area contributed by atoms with E-state index in [-0.39, 0.29) is 18.5 Å². The second kappa shape index (κ2) is 9.11. The van der Waals surface area contributed by atoms with Crippen molar-refractivity contribution in [2.75, 3.05) is 6.54 Å². The molecule has 0 saturated carbocycles. The van der Waals surface area contributed by atoms with Crippen molar-refractivity contribution in [2.45, 2.75) is 51.4 Å². The van der Waals surface area contributed by atoms with E-state index in [1.807, 2.05) is 0 Å². The number of hydrogen-bond donors (Lipinski definition) is 4. The van der Waals surface area contributed by atoms with Crippen molar-refractivity contribution < 1.29 is 47.6 Å². The molecule has 1 aromatic carbocycles. The molecule has 1 aromatic rings. The predicted molar refractivity (Wildman–Crippen MR) is 89.9 cm³/mol. The van der Waals surface area contributed by atoms with Crippen LogP contribution in [0, 0.1) is 0 Å². The van der Waals surface area contributed by atoms with Gasteiger partial charge in [0.2, 0.25) is 0 Å². The van der Waals surface area contributed by atoms with E-state index in [4.69, 9.17) is 9.84 Å². The Balaban J connectivity index is 2.79. The van der Waals surface area contributed by atoms with Gasteiger partial charge in [0.05, 0.1) is 6.10 Å². The van der Waals surface area contributed by atoms with Crippen molar-refractivity contribution in [3.63, 3.8) is 0 Å². The lowest BCUT2D eigenvalue weighted by atomic mass is 10.00. The zero-order valence-electron chi connectivity index (χ0n) is 15.4. The van der Waals surface area contributed by atoms with E-state index < -0.39 is 47.5 Å². The van der Waals surface area contributed by atoms with Crippen LogP contribution in [0.15, 0.2) is 18.2 Å². The van der Waals surface area contributed by atoms with Crippen LogP contribution in [-0.2, 0) is 4.74 Å². The van der Waals surface area contributed by atoms with Crippen molar-refractivity contribution in [3.8, 4) is 5.75 Å². The fraction of sp³-hybridized carbons (Fsp3) is 0.529. The Hall–Kier alpha value is -2.53. The topological polar surface area (TPSA) is 125 Å². The standard InChI is InChI=1S/C17H22F3NO7/c1-16(2,3)28-15(26)21-7-6-11(22)13(23)9-4-5-10(14(24)25)12(8-9)27-17(18,19)20/h4-5,8,11,13,22-23H,6-7H2,1-3H3,(H,21,26)(H,24,25). The molecule has 11 heteroatoms. The molecule has 0 bridgehead atoms. The number of alkyl halides is 3. The Morgan fingerprint density at radius 1 is 1.18 bits per heavy atom. The van der Waals surface area contributed by atoms with E-state index in [1.54, 1.807) is 20.8 Å². The van der Waals surface area contributed by atoms with Gasteiger partial charge < -0.3 is 30.1 Å². The number of carbonyl (C=O) groups is 2.